The molecule has 0 aliphatic carbocycles. The minimum Gasteiger partial charge on any atom is -0.299 e. The van der Waals surface area contributed by atoms with E-state index >= 15 is 0 Å². The monoisotopic (exact) mass is 309 g/mol. The molecule has 0 unspecified atom stereocenters. The van der Waals surface area contributed by atoms with E-state index in [0.717, 1.165) is 18.4 Å². The molecule has 2 rings (SSSR count). The third-order valence-electron chi connectivity index (χ3n) is 4.26. The summed E-state index contributed by atoms with van der Waals surface area (Å²) in [6.07, 6.45) is 5.98. The summed E-state index contributed by atoms with van der Waals surface area (Å²) in [7, 11) is 0. The maximum absolute atomic E-state index is 12.4. The van der Waals surface area contributed by atoms with Crippen LogP contribution in [0.4, 0.5) is 0 Å². The Balaban J connectivity index is 1.91. The number of Topliss-reactive ketones (excluding diaryl/α,β-unsaturated/α-hetero) is 1. The van der Waals surface area contributed by atoms with Gasteiger partial charge in [-0.3, -0.25) is 9.78 Å². The first-order chi connectivity index (χ1) is 10.9. The van der Waals surface area contributed by atoms with Gasteiger partial charge in [-0.25, -0.2) is 0 Å². The summed E-state index contributed by atoms with van der Waals surface area (Å²) in [5.41, 5.74) is 3.69. The van der Waals surface area contributed by atoms with Gasteiger partial charge in [-0.2, -0.15) is 0 Å². The molecule has 2 nitrogen and oxygen atoms in total. The topological polar surface area (TPSA) is 30.0 Å². The van der Waals surface area contributed by atoms with E-state index in [9.17, 15) is 4.79 Å². The number of hydrogen-bond donors (Lipinski definition) is 0. The Morgan fingerprint density at radius 1 is 1.09 bits per heavy atom. The molecule has 0 radical (unpaired) electrons. The summed E-state index contributed by atoms with van der Waals surface area (Å²) in [5.74, 6) is 0.395. The van der Waals surface area contributed by atoms with Gasteiger partial charge in [0, 0.05) is 24.7 Å². The van der Waals surface area contributed by atoms with Crippen molar-refractivity contribution in [3.63, 3.8) is 0 Å². The van der Waals surface area contributed by atoms with Crippen LogP contribution < -0.4 is 0 Å². The first kappa shape index (κ1) is 17.4. The Kier molecular flexibility index (Phi) is 5.70. The molecule has 122 valence electrons. The number of aromatic nitrogens is 1. The molecule has 0 saturated carbocycles. The van der Waals surface area contributed by atoms with E-state index in [2.05, 4.69) is 44.0 Å². The predicted octanol–water partition coefficient (Wildman–Crippen LogP) is 4.76. The van der Waals surface area contributed by atoms with Crippen LogP contribution in [0, 0.1) is 5.92 Å². The molecule has 0 N–H and O–H groups in total. The van der Waals surface area contributed by atoms with Crippen molar-refractivity contribution in [2.45, 2.75) is 52.4 Å². The maximum atomic E-state index is 12.4. The number of benzene rings is 1. The molecule has 0 fully saturated rings. The quantitative estimate of drug-likeness (QED) is 0.770. The summed E-state index contributed by atoms with van der Waals surface area (Å²) in [4.78, 5) is 16.7. The van der Waals surface area contributed by atoms with Gasteiger partial charge in [0.25, 0.3) is 0 Å². The number of rotatable bonds is 6. The normalized spacial score (nSPS) is 12.9. The van der Waals surface area contributed by atoms with E-state index in [1.165, 1.54) is 11.1 Å². The Morgan fingerprint density at radius 2 is 1.78 bits per heavy atom. The van der Waals surface area contributed by atoms with Gasteiger partial charge in [0.2, 0.25) is 0 Å². The lowest BCUT2D eigenvalue weighted by Crippen LogP contribution is -2.15. The van der Waals surface area contributed by atoms with Crippen LogP contribution in [0.2, 0.25) is 0 Å². The molecular weight excluding hydrogens is 282 g/mol. The molecule has 0 amide bonds. The average molecular weight is 309 g/mol. The number of carbonyl (C=O) groups excluding carboxylic acids is 1. The molecule has 0 aliphatic rings. The number of hydrogen-bond acceptors (Lipinski definition) is 2. The van der Waals surface area contributed by atoms with Gasteiger partial charge in [-0.15, -0.1) is 0 Å². The zero-order chi connectivity index (χ0) is 16.9. The molecule has 0 bridgehead atoms. The second-order valence-electron chi connectivity index (χ2n) is 7.39. The lowest BCUT2D eigenvalue weighted by molar-refractivity contribution is -0.122. The molecule has 1 aromatic heterocycles. The fourth-order valence-corrected chi connectivity index (χ4v) is 2.63. The first-order valence-electron chi connectivity index (χ1n) is 8.37. The van der Waals surface area contributed by atoms with Crippen LogP contribution >= 0.6 is 0 Å². The van der Waals surface area contributed by atoms with Crippen LogP contribution in [0.25, 0.3) is 0 Å². The molecule has 23 heavy (non-hydrogen) atoms. The van der Waals surface area contributed by atoms with E-state index in [-0.39, 0.29) is 11.3 Å². The highest BCUT2D eigenvalue weighted by atomic mass is 16.1. The van der Waals surface area contributed by atoms with Crippen LogP contribution in [-0.2, 0) is 23.1 Å². The van der Waals surface area contributed by atoms with Crippen LogP contribution in [-0.4, -0.2) is 10.8 Å². The van der Waals surface area contributed by atoms with Gasteiger partial charge in [0.15, 0.2) is 0 Å². The van der Waals surface area contributed by atoms with Crippen LogP contribution in [0.3, 0.4) is 0 Å². The predicted molar refractivity (Wildman–Crippen MR) is 95.6 cm³/mol. The summed E-state index contributed by atoms with van der Waals surface area (Å²) >= 11 is 0. The maximum Gasteiger partial charge on any atom is 0.136 e. The zero-order valence-electron chi connectivity index (χ0n) is 14.7. The van der Waals surface area contributed by atoms with Gasteiger partial charge in [-0.05, 0) is 34.9 Å². The highest BCUT2D eigenvalue weighted by Gasteiger charge is 2.16. The summed E-state index contributed by atoms with van der Waals surface area (Å²) in [6, 6.07) is 12.4. The fourth-order valence-electron chi connectivity index (χ4n) is 2.63. The average Bonchev–Trinajstić information content (AvgIpc) is 2.53. The van der Waals surface area contributed by atoms with Crippen molar-refractivity contribution in [3.05, 3.63) is 65.5 Å². The van der Waals surface area contributed by atoms with Crippen LogP contribution in [0.15, 0.2) is 48.8 Å². The second kappa shape index (κ2) is 7.54. The largest absolute Gasteiger partial charge is 0.299 e. The van der Waals surface area contributed by atoms with Crippen molar-refractivity contribution < 1.29 is 4.79 Å². The second-order valence-corrected chi connectivity index (χ2v) is 7.39. The molecule has 1 atom stereocenters. The van der Waals surface area contributed by atoms with E-state index < -0.39 is 0 Å². The number of aryl methyl sites for hydroxylation is 1. The third-order valence-corrected chi connectivity index (χ3v) is 4.26. The van der Waals surface area contributed by atoms with Gasteiger partial charge in [0.05, 0.1) is 0 Å². The number of carbonyl (C=O) groups is 1. The molecule has 2 aromatic rings. The highest BCUT2D eigenvalue weighted by Crippen LogP contribution is 2.22. The minimum atomic E-state index is 0.0659. The molecule has 2 heteroatoms. The lowest BCUT2D eigenvalue weighted by atomic mass is 9.87. The number of nitrogens with zero attached hydrogens (tertiary/aromatic N) is 1. The van der Waals surface area contributed by atoms with Crippen molar-refractivity contribution in [2.24, 2.45) is 5.92 Å². The summed E-state index contributed by atoms with van der Waals surface area (Å²) < 4.78 is 0. The van der Waals surface area contributed by atoms with Crippen molar-refractivity contribution in [1.29, 1.82) is 0 Å². The Labute approximate surface area is 140 Å². The Hall–Kier alpha value is -1.96. The van der Waals surface area contributed by atoms with Gasteiger partial charge in [0.1, 0.15) is 5.78 Å². The number of pyridine rings is 1. The third kappa shape index (κ3) is 5.31. The van der Waals surface area contributed by atoms with Crippen molar-refractivity contribution in [2.75, 3.05) is 0 Å². The summed E-state index contributed by atoms with van der Waals surface area (Å²) in [5, 5.41) is 0. The van der Waals surface area contributed by atoms with E-state index in [1.54, 1.807) is 0 Å². The van der Waals surface area contributed by atoms with Crippen molar-refractivity contribution in [3.8, 4) is 0 Å². The molecular formula is C21H27NO. The molecule has 0 saturated heterocycles. The lowest BCUT2D eigenvalue weighted by Gasteiger charge is -2.19. The van der Waals surface area contributed by atoms with Crippen LogP contribution in [0.5, 0.6) is 0 Å². The Bertz CT molecular complexity index is 640. The Morgan fingerprint density at radius 3 is 2.43 bits per heavy atom. The molecule has 1 heterocycles. The standard InChI is InChI=1S/C21H27NO/c1-16(12-17-8-6-5-7-9-17)20(23)11-10-18-13-19(15-22-14-18)21(2,3)4/h5-9,13-16H,10-12H2,1-4H3/t16-/m0/s1. The molecule has 1 aromatic carbocycles. The highest BCUT2D eigenvalue weighted by molar-refractivity contribution is 5.81. The van der Waals surface area contributed by atoms with Crippen molar-refractivity contribution in [1.82, 2.24) is 4.98 Å². The summed E-state index contributed by atoms with van der Waals surface area (Å²) in [6.45, 7) is 8.57. The minimum absolute atomic E-state index is 0.0659. The molecule has 0 aliphatic heterocycles. The van der Waals surface area contributed by atoms with Gasteiger partial charge < -0.3 is 0 Å². The molecule has 0 spiro atoms. The SMILES string of the molecule is C[C@@H](Cc1ccccc1)C(=O)CCc1cncc(C(C)(C)C)c1. The van der Waals surface area contributed by atoms with E-state index in [1.807, 2.05) is 37.5 Å². The van der Waals surface area contributed by atoms with E-state index in [0.29, 0.717) is 12.2 Å². The fraction of sp³-hybridized carbons (Fsp3) is 0.429. The van der Waals surface area contributed by atoms with E-state index in [4.69, 9.17) is 0 Å². The van der Waals surface area contributed by atoms with Gasteiger partial charge >= 0.3 is 0 Å². The zero-order valence-corrected chi connectivity index (χ0v) is 14.7. The van der Waals surface area contributed by atoms with Crippen molar-refractivity contribution >= 4 is 5.78 Å². The van der Waals surface area contributed by atoms with Gasteiger partial charge in [-0.1, -0.05) is 64.1 Å². The van der Waals surface area contributed by atoms with Crippen LogP contribution in [0.1, 0.15) is 50.8 Å². The first-order valence-corrected chi connectivity index (χ1v) is 8.37. The number of ketones is 1. The smallest absolute Gasteiger partial charge is 0.136 e.